The molecule has 0 spiro atoms. The highest BCUT2D eigenvalue weighted by atomic mass is 35.5. The summed E-state index contributed by atoms with van der Waals surface area (Å²) in [6.07, 6.45) is 1.29. The third-order valence-electron chi connectivity index (χ3n) is 5.75. The van der Waals surface area contributed by atoms with E-state index < -0.39 is 5.97 Å². The molecule has 1 N–H and O–H groups in total. The summed E-state index contributed by atoms with van der Waals surface area (Å²) >= 11 is 6.16. The number of para-hydroxylation sites is 1. The summed E-state index contributed by atoms with van der Waals surface area (Å²) in [5, 5.41) is 9.73. The Morgan fingerprint density at radius 1 is 1.06 bits per heavy atom. The average Bonchev–Trinajstić information content (AvgIpc) is 3.57. The first-order chi connectivity index (χ1) is 15.9. The predicted molar refractivity (Wildman–Crippen MR) is 128 cm³/mol. The van der Waals surface area contributed by atoms with Gasteiger partial charge in [-0.1, -0.05) is 35.9 Å². The van der Waals surface area contributed by atoms with Gasteiger partial charge in [-0.2, -0.15) is 0 Å². The van der Waals surface area contributed by atoms with Crippen molar-refractivity contribution in [3.8, 4) is 23.0 Å². The van der Waals surface area contributed by atoms with Crippen LogP contribution in [-0.4, -0.2) is 23.8 Å². The van der Waals surface area contributed by atoms with Gasteiger partial charge in [0, 0.05) is 17.5 Å². The quantitative estimate of drug-likeness (QED) is 0.353. The largest absolute Gasteiger partial charge is 0.493 e. The molecule has 1 saturated carbocycles. The number of hydrogen-bond donors (Lipinski definition) is 1. The molecule has 2 unspecified atom stereocenters. The van der Waals surface area contributed by atoms with Crippen molar-refractivity contribution in [1.82, 2.24) is 0 Å². The van der Waals surface area contributed by atoms with E-state index in [0.717, 1.165) is 16.9 Å². The normalized spacial score (nSPS) is 17.8. The van der Waals surface area contributed by atoms with Gasteiger partial charge in [0.2, 0.25) is 0 Å². The number of carbonyl (C=O) groups is 1. The Hall–Kier alpha value is -3.18. The topological polar surface area (TPSA) is 65.0 Å². The summed E-state index contributed by atoms with van der Waals surface area (Å²) in [6, 6.07) is 20.7. The molecule has 1 fully saturated rings. The van der Waals surface area contributed by atoms with Crippen molar-refractivity contribution in [2.75, 3.05) is 6.61 Å². The molecule has 33 heavy (non-hydrogen) atoms. The minimum atomic E-state index is -0.716. The third-order valence-corrected chi connectivity index (χ3v) is 5.98. The molecule has 5 nitrogen and oxygen atoms in total. The van der Waals surface area contributed by atoms with Crippen molar-refractivity contribution in [2.45, 2.75) is 38.7 Å². The van der Waals surface area contributed by atoms with Gasteiger partial charge in [-0.25, -0.2) is 0 Å². The van der Waals surface area contributed by atoms with Crippen molar-refractivity contribution in [2.24, 2.45) is 5.92 Å². The van der Waals surface area contributed by atoms with Crippen LogP contribution in [0.5, 0.6) is 23.0 Å². The molecule has 0 bridgehead atoms. The first-order valence-corrected chi connectivity index (χ1v) is 11.4. The second kappa shape index (κ2) is 10.2. The molecule has 1 aliphatic carbocycles. The van der Waals surface area contributed by atoms with E-state index in [2.05, 4.69) is 0 Å². The number of ether oxygens (including phenoxy) is 3. The van der Waals surface area contributed by atoms with Crippen LogP contribution in [0.3, 0.4) is 0 Å². The highest BCUT2D eigenvalue weighted by Gasteiger charge is 2.44. The minimum absolute atomic E-state index is 0.104. The van der Waals surface area contributed by atoms with Gasteiger partial charge in [0.1, 0.15) is 11.5 Å². The van der Waals surface area contributed by atoms with E-state index in [0.29, 0.717) is 41.7 Å². The maximum atomic E-state index is 11.1. The van der Waals surface area contributed by atoms with E-state index in [9.17, 15) is 4.79 Å². The number of halogens is 1. The van der Waals surface area contributed by atoms with E-state index in [4.69, 9.17) is 30.9 Å². The van der Waals surface area contributed by atoms with Gasteiger partial charge < -0.3 is 19.3 Å². The summed E-state index contributed by atoms with van der Waals surface area (Å²) < 4.78 is 18.0. The monoisotopic (exact) mass is 466 g/mol. The van der Waals surface area contributed by atoms with Crippen molar-refractivity contribution in [3.63, 3.8) is 0 Å². The van der Waals surface area contributed by atoms with E-state index in [1.165, 1.54) is 0 Å². The Bertz CT molecular complexity index is 1110. The number of carboxylic acids is 1. The van der Waals surface area contributed by atoms with E-state index in [1.54, 1.807) is 12.1 Å². The number of aliphatic carboxylic acids is 1. The lowest BCUT2D eigenvalue weighted by Crippen LogP contribution is -2.16. The number of aryl methyl sites for hydroxylation is 1. The van der Waals surface area contributed by atoms with Gasteiger partial charge in [0.25, 0.3) is 0 Å². The molecule has 6 heteroatoms. The van der Waals surface area contributed by atoms with Gasteiger partial charge in [-0.3, -0.25) is 4.79 Å². The van der Waals surface area contributed by atoms with Crippen LogP contribution in [0.1, 0.15) is 36.8 Å². The summed E-state index contributed by atoms with van der Waals surface area (Å²) in [5.74, 6) is 1.82. The summed E-state index contributed by atoms with van der Waals surface area (Å²) in [5.41, 5.74) is 2.16. The first-order valence-electron chi connectivity index (χ1n) is 11.1. The molecule has 0 aliphatic heterocycles. The zero-order valence-electron chi connectivity index (χ0n) is 18.7. The molecule has 3 atom stereocenters. The Morgan fingerprint density at radius 3 is 2.55 bits per heavy atom. The fourth-order valence-electron chi connectivity index (χ4n) is 3.86. The first kappa shape index (κ1) is 23.0. The standard InChI is InChI=1S/C27H27ClO5/c1-17-14-21(9-10-22(17)23-16-24(23)27(29)30)31-13-12-18(2)32-25-11-8-19(28)15-26(25)33-20-6-4-3-5-7-20/h3-11,14-15,18,23-24H,12-13,16H2,1-2H3,(H,29,30)/t18-,23?,24?/m1/s1. The molecule has 0 aromatic heterocycles. The molecule has 0 amide bonds. The van der Waals surface area contributed by atoms with Gasteiger partial charge in [-0.05, 0) is 73.7 Å². The van der Waals surface area contributed by atoms with Gasteiger partial charge in [0.05, 0.1) is 18.6 Å². The Balaban J connectivity index is 1.31. The van der Waals surface area contributed by atoms with Crippen LogP contribution in [0.15, 0.2) is 66.7 Å². The number of rotatable bonds is 10. The predicted octanol–water partition coefficient (Wildman–Crippen LogP) is 6.87. The van der Waals surface area contributed by atoms with Crippen molar-refractivity contribution < 1.29 is 24.1 Å². The smallest absolute Gasteiger partial charge is 0.307 e. The SMILES string of the molecule is Cc1cc(OCC[C@@H](C)Oc2ccc(Cl)cc2Oc2ccccc2)ccc1C1CC1C(=O)O. The summed E-state index contributed by atoms with van der Waals surface area (Å²) in [4.78, 5) is 11.1. The van der Waals surface area contributed by atoms with Crippen LogP contribution in [0.2, 0.25) is 5.02 Å². The van der Waals surface area contributed by atoms with Crippen LogP contribution < -0.4 is 14.2 Å². The van der Waals surface area contributed by atoms with Gasteiger partial charge in [-0.15, -0.1) is 0 Å². The van der Waals surface area contributed by atoms with Crippen LogP contribution in [0.4, 0.5) is 0 Å². The van der Waals surface area contributed by atoms with E-state index in [1.807, 2.05) is 68.4 Å². The number of carboxylic acid groups (broad SMARTS) is 1. The molecule has 172 valence electrons. The van der Waals surface area contributed by atoms with Crippen LogP contribution in [-0.2, 0) is 4.79 Å². The number of hydrogen-bond acceptors (Lipinski definition) is 4. The zero-order valence-corrected chi connectivity index (χ0v) is 19.4. The Kier molecular flexibility index (Phi) is 7.09. The van der Waals surface area contributed by atoms with Crippen molar-refractivity contribution in [1.29, 1.82) is 0 Å². The highest BCUT2D eigenvalue weighted by Crippen LogP contribution is 2.49. The lowest BCUT2D eigenvalue weighted by atomic mass is 10.0. The van der Waals surface area contributed by atoms with Crippen molar-refractivity contribution in [3.05, 3.63) is 82.9 Å². The molecule has 1 aliphatic rings. The Morgan fingerprint density at radius 2 is 1.85 bits per heavy atom. The molecule has 0 radical (unpaired) electrons. The molecule has 0 saturated heterocycles. The average molecular weight is 467 g/mol. The highest BCUT2D eigenvalue weighted by molar-refractivity contribution is 6.30. The lowest BCUT2D eigenvalue weighted by molar-refractivity contribution is -0.138. The van der Waals surface area contributed by atoms with Crippen molar-refractivity contribution >= 4 is 17.6 Å². The fraction of sp³-hybridized carbons (Fsp3) is 0.296. The van der Waals surface area contributed by atoms with Gasteiger partial charge in [0.15, 0.2) is 11.5 Å². The van der Waals surface area contributed by atoms with E-state index in [-0.39, 0.29) is 17.9 Å². The lowest BCUT2D eigenvalue weighted by Gasteiger charge is -2.18. The Labute approximate surface area is 198 Å². The maximum absolute atomic E-state index is 11.1. The summed E-state index contributed by atoms with van der Waals surface area (Å²) in [6.45, 7) is 4.47. The molecule has 3 aromatic rings. The van der Waals surface area contributed by atoms with Gasteiger partial charge >= 0.3 is 5.97 Å². The third kappa shape index (κ3) is 5.99. The second-order valence-electron chi connectivity index (χ2n) is 8.38. The maximum Gasteiger partial charge on any atom is 0.307 e. The molecular weight excluding hydrogens is 440 g/mol. The molecule has 3 aromatic carbocycles. The fourth-order valence-corrected chi connectivity index (χ4v) is 4.02. The zero-order chi connectivity index (χ0) is 23.4. The van der Waals surface area contributed by atoms with Crippen LogP contribution >= 0.6 is 11.6 Å². The molecule has 0 heterocycles. The minimum Gasteiger partial charge on any atom is -0.493 e. The second-order valence-corrected chi connectivity index (χ2v) is 8.81. The van der Waals surface area contributed by atoms with E-state index >= 15 is 0 Å². The molecular formula is C27H27ClO5. The van der Waals surface area contributed by atoms with Crippen LogP contribution in [0.25, 0.3) is 0 Å². The molecule has 4 rings (SSSR count). The number of benzene rings is 3. The van der Waals surface area contributed by atoms with Crippen LogP contribution in [0, 0.1) is 12.8 Å². The summed E-state index contributed by atoms with van der Waals surface area (Å²) in [7, 11) is 0.